The van der Waals surface area contributed by atoms with E-state index >= 15 is 0 Å². The van der Waals surface area contributed by atoms with E-state index in [1.165, 1.54) is 6.92 Å². The molecule has 0 saturated heterocycles. The van der Waals surface area contributed by atoms with Crippen molar-refractivity contribution in [2.24, 2.45) is 0 Å². The fourth-order valence-corrected chi connectivity index (χ4v) is 2.43. The second-order valence-corrected chi connectivity index (χ2v) is 5.63. The topological polar surface area (TPSA) is 70.6 Å². The number of carbonyl (C=O) groups is 1. The van der Waals surface area contributed by atoms with Gasteiger partial charge in [-0.25, -0.2) is 0 Å². The molecule has 1 atom stereocenters. The molecule has 2 aromatic rings. The van der Waals surface area contributed by atoms with Gasteiger partial charge in [-0.3, -0.25) is 4.79 Å². The Labute approximate surface area is 142 Å². The van der Waals surface area contributed by atoms with Gasteiger partial charge in [-0.2, -0.15) is 0 Å². The van der Waals surface area contributed by atoms with Crippen LogP contribution in [0.3, 0.4) is 0 Å². The van der Waals surface area contributed by atoms with Crippen molar-refractivity contribution in [3.8, 4) is 11.5 Å². The molecule has 0 radical (unpaired) electrons. The normalized spacial score (nSPS) is 11.8. The summed E-state index contributed by atoms with van der Waals surface area (Å²) in [5, 5.41) is 16.1. The first-order valence-corrected chi connectivity index (χ1v) is 8.05. The molecule has 0 fully saturated rings. The van der Waals surface area contributed by atoms with E-state index < -0.39 is 0 Å². The summed E-state index contributed by atoms with van der Waals surface area (Å²) in [6.45, 7) is 6.55. The van der Waals surface area contributed by atoms with Gasteiger partial charge in [0.05, 0.1) is 6.61 Å². The van der Waals surface area contributed by atoms with E-state index in [0.717, 1.165) is 22.6 Å². The molecule has 3 N–H and O–H groups in total. The number of carbonyl (C=O) groups excluding carboxylic acids is 1. The minimum Gasteiger partial charge on any atom is -0.508 e. The van der Waals surface area contributed by atoms with E-state index in [1.54, 1.807) is 12.1 Å². The number of hydrogen-bond donors (Lipinski definition) is 3. The number of phenols is 1. The van der Waals surface area contributed by atoms with Gasteiger partial charge in [0.15, 0.2) is 0 Å². The van der Waals surface area contributed by atoms with Crippen LogP contribution in [-0.4, -0.2) is 17.6 Å². The molecule has 0 aromatic heterocycles. The zero-order valence-corrected chi connectivity index (χ0v) is 14.3. The van der Waals surface area contributed by atoms with Crippen molar-refractivity contribution in [3.63, 3.8) is 0 Å². The highest BCUT2D eigenvalue weighted by Gasteiger charge is 2.09. The quantitative estimate of drug-likeness (QED) is 0.726. The number of anilines is 1. The van der Waals surface area contributed by atoms with Crippen molar-refractivity contribution in [1.29, 1.82) is 0 Å². The predicted molar refractivity (Wildman–Crippen MR) is 95.3 cm³/mol. The van der Waals surface area contributed by atoms with Crippen LogP contribution in [-0.2, 0) is 11.3 Å². The van der Waals surface area contributed by atoms with Crippen LogP contribution in [0.2, 0.25) is 0 Å². The third-order valence-electron chi connectivity index (χ3n) is 3.67. The third kappa shape index (κ3) is 4.99. The number of nitrogens with one attached hydrogen (secondary N) is 2. The number of hydrogen-bond acceptors (Lipinski definition) is 4. The van der Waals surface area contributed by atoms with Gasteiger partial charge in [-0.1, -0.05) is 12.1 Å². The molecule has 128 valence electrons. The number of phenolic OH excluding ortho intramolecular Hbond substituents is 1. The number of amides is 1. The van der Waals surface area contributed by atoms with E-state index in [4.69, 9.17) is 4.74 Å². The smallest absolute Gasteiger partial charge is 0.221 e. The standard InChI is InChI=1S/C19H24N2O3/c1-4-24-18-8-9-19(23)16(11-18)12-20-13(2)15-6-5-7-17(10-15)21-14(3)22/h5-11,13,20,23H,4,12H2,1-3H3,(H,21,22)/t13-/m1/s1. The molecule has 5 heteroatoms. The van der Waals surface area contributed by atoms with Gasteiger partial charge in [0, 0.05) is 30.8 Å². The van der Waals surface area contributed by atoms with Crippen LogP contribution in [0.4, 0.5) is 5.69 Å². The van der Waals surface area contributed by atoms with Crippen LogP contribution in [0.1, 0.15) is 37.9 Å². The molecule has 24 heavy (non-hydrogen) atoms. The lowest BCUT2D eigenvalue weighted by Gasteiger charge is -2.16. The highest BCUT2D eigenvalue weighted by Crippen LogP contribution is 2.24. The maximum Gasteiger partial charge on any atom is 0.221 e. The second kappa shape index (κ2) is 8.36. The summed E-state index contributed by atoms with van der Waals surface area (Å²) in [4.78, 5) is 11.2. The molecule has 0 aliphatic rings. The summed E-state index contributed by atoms with van der Waals surface area (Å²) in [6.07, 6.45) is 0. The van der Waals surface area contributed by atoms with Crippen molar-refractivity contribution in [3.05, 3.63) is 53.6 Å². The van der Waals surface area contributed by atoms with Gasteiger partial charge in [0.1, 0.15) is 11.5 Å². The van der Waals surface area contributed by atoms with Crippen LogP contribution in [0.25, 0.3) is 0 Å². The van der Waals surface area contributed by atoms with Crippen LogP contribution in [0, 0.1) is 0 Å². The van der Waals surface area contributed by atoms with E-state index in [-0.39, 0.29) is 17.7 Å². The fraction of sp³-hybridized carbons (Fsp3) is 0.316. The molecule has 0 spiro atoms. The zero-order chi connectivity index (χ0) is 17.5. The summed E-state index contributed by atoms with van der Waals surface area (Å²) in [6, 6.07) is 13.0. The molecule has 0 heterocycles. The number of rotatable bonds is 7. The zero-order valence-electron chi connectivity index (χ0n) is 14.3. The first-order chi connectivity index (χ1) is 11.5. The first kappa shape index (κ1) is 17.8. The van der Waals surface area contributed by atoms with Gasteiger partial charge in [-0.05, 0) is 49.7 Å². The second-order valence-electron chi connectivity index (χ2n) is 5.63. The molecule has 2 rings (SSSR count). The van der Waals surface area contributed by atoms with Crippen LogP contribution >= 0.6 is 0 Å². The van der Waals surface area contributed by atoms with Crippen molar-refractivity contribution in [2.45, 2.75) is 33.4 Å². The lowest BCUT2D eigenvalue weighted by Crippen LogP contribution is -2.18. The van der Waals surface area contributed by atoms with Crippen molar-refractivity contribution in [1.82, 2.24) is 5.32 Å². The largest absolute Gasteiger partial charge is 0.508 e. The van der Waals surface area contributed by atoms with Gasteiger partial charge >= 0.3 is 0 Å². The lowest BCUT2D eigenvalue weighted by molar-refractivity contribution is -0.114. The Morgan fingerprint density at radius 1 is 1.25 bits per heavy atom. The summed E-state index contributed by atoms with van der Waals surface area (Å²) >= 11 is 0. The predicted octanol–water partition coefficient (Wildman–Crippen LogP) is 3.60. The molecule has 2 aromatic carbocycles. The summed E-state index contributed by atoms with van der Waals surface area (Å²) < 4.78 is 5.47. The summed E-state index contributed by atoms with van der Waals surface area (Å²) in [7, 11) is 0. The SMILES string of the molecule is CCOc1ccc(O)c(CN[C@H](C)c2cccc(NC(C)=O)c2)c1. The Hall–Kier alpha value is -2.53. The van der Waals surface area contributed by atoms with Crippen molar-refractivity contribution in [2.75, 3.05) is 11.9 Å². The Morgan fingerprint density at radius 2 is 2.04 bits per heavy atom. The van der Waals surface area contributed by atoms with Crippen LogP contribution in [0.5, 0.6) is 11.5 Å². The minimum absolute atomic E-state index is 0.0638. The molecule has 0 aliphatic carbocycles. The Balaban J connectivity index is 2.04. The molecule has 0 unspecified atom stereocenters. The van der Waals surface area contributed by atoms with Crippen LogP contribution < -0.4 is 15.4 Å². The van der Waals surface area contributed by atoms with Crippen molar-refractivity contribution >= 4 is 11.6 Å². The van der Waals surface area contributed by atoms with Gasteiger partial charge in [0.25, 0.3) is 0 Å². The van der Waals surface area contributed by atoms with Crippen molar-refractivity contribution < 1.29 is 14.6 Å². The highest BCUT2D eigenvalue weighted by molar-refractivity contribution is 5.88. The number of benzene rings is 2. The van der Waals surface area contributed by atoms with E-state index in [9.17, 15) is 9.90 Å². The fourth-order valence-electron chi connectivity index (χ4n) is 2.43. The molecular weight excluding hydrogens is 304 g/mol. The third-order valence-corrected chi connectivity index (χ3v) is 3.67. The highest BCUT2D eigenvalue weighted by atomic mass is 16.5. The van der Waals surface area contributed by atoms with Gasteiger partial charge in [0.2, 0.25) is 5.91 Å². The van der Waals surface area contributed by atoms with E-state index in [2.05, 4.69) is 10.6 Å². The molecular formula is C19H24N2O3. The summed E-state index contributed by atoms with van der Waals surface area (Å²) in [5.74, 6) is 0.892. The maximum absolute atomic E-state index is 11.2. The molecule has 0 aliphatic heterocycles. The monoisotopic (exact) mass is 328 g/mol. The Kier molecular flexibility index (Phi) is 6.21. The Morgan fingerprint density at radius 3 is 2.75 bits per heavy atom. The number of ether oxygens (including phenoxy) is 1. The molecule has 0 saturated carbocycles. The summed E-state index contributed by atoms with van der Waals surface area (Å²) in [5.41, 5.74) is 2.61. The average Bonchev–Trinajstić information content (AvgIpc) is 2.55. The van der Waals surface area contributed by atoms with E-state index in [1.807, 2.05) is 44.2 Å². The first-order valence-electron chi connectivity index (χ1n) is 8.05. The van der Waals surface area contributed by atoms with Crippen LogP contribution in [0.15, 0.2) is 42.5 Å². The van der Waals surface area contributed by atoms with Gasteiger partial charge < -0.3 is 20.5 Å². The average molecular weight is 328 g/mol. The maximum atomic E-state index is 11.2. The van der Waals surface area contributed by atoms with Gasteiger partial charge in [-0.15, -0.1) is 0 Å². The molecule has 0 bridgehead atoms. The number of aromatic hydroxyl groups is 1. The van der Waals surface area contributed by atoms with E-state index in [0.29, 0.717) is 13.2 Å². The minimum atomic E-state index is -0.0922. The molecule has 5 nitrogen and oxygen atoms in total. The molecule has 1 amide bonds. The lowest BCUT2D eigenvalue weighted by atomic mass is 10.1. The Bertz CT molecular complexity index is 701.